The lowest BCUT2D eigenvalue weighted by molar-refractivity contribution is 0.0955. The molecule has 29 heavy (non-hydrogen) atoms. The summed E-state index contributed by atoms with van der Waals surface area (Å²) in [5.74, 6) is 0.0776. The summed E-state index contributed by atoms with van der Waals surface area (Å²) in [7, 11) is 0. The molecule has 1 amide bonds. The summed E-state index contributed by atoms with van der Waals surface area (Å²) in [6, 6.07) is 6.26. The van der Waals surface area contributed by atoms with Crippen molar-refractivity contribution in [2.24, 2.45) is 0 Å². The van der Waals surface area contributed by atoms with Crippen LogP contribution in [-0.2, 0) is 32.4 Å². The lowest BCUT2D eigenvalue weighted by Gasteiger charge is -2.25. The minimum atomic E-state index is 0.0776. The van der Waals surface area contributed by atoms with E-state index in [1.54, 1.807) is 11.3 Å². The normalized spacial score (nSPS) is 16.4. The highest BCUT2D eigenvalue weighted by Crippen LogP contribution is 2.36. The van der Waals surface area contributed by atoms with E-state index < -0.39 is 0 Å². The van der Waals surface area contributed by atoms with Crippen molar-refractivity contribution in [2.75, 3.05) is 13.1 Å². The molecule has 0 bridgehead atoms. The molecule has 152 valence electrons. The van der Waals surface area contributed by atoms with Gasteiger partial charge in [-0.05, 0) is 68.0 Å². The molecular weight excluding hydrogens is 398 g/mol. The topological polar surface area (TPSA) is 37.3 Å². The van der Waals surface area contributed by atoms with Crippen molar-refractivity contribution in [3.05, 3.63) is 61.9 Å². The first-order valence-corrected chi connectivity index (χ1v) is 12.2. The summed E-state index contributed by atoms with van der Waals surface area (Å²) >= 11 is 3.57. The lowest BCUT2D eigenvalue weighted by atomic mass is 9.99. The van der Waals surface area contributed by atoms with Crippen molar-refractivity contribution in [3.63, 3.8) is 0 Å². The first kappa shape index (κ1) is 19.1. The van der Waals surface area contributed by atoms with Crippen LogP contribution in [-0.4, -0.2) is 28.5 Å². The maximum atomic E-state index is 12.9. The number of likely N-dealkylation sites (N-methyl/N-ethyl adjacent to an activating group) is 1. The monoisotopic (exact) mass is 425 g/mol. The van der Waals surface area contributed by atoms with Gasteiger partial charge >= 0.3 is 0 Å². The Morgan fingerprint density at radius 3 is 2.72 bits per heavy atom. The molecule has 0 radical (unpaired) electrons. The van der Waals surface area contributed by atoms with Gasteiger partial charge in [-0.25, -0.2) is 0 Å². The molecule has 0 saturated carbocycles. The summed E-state index contributed by atoms with van der Waals surface area (Å²) in [5, 5.41) is 4.49. The van der Waals surface area contributed by atoms with Gasteiger partial charge in [0.15, 0.2) is 0 Å². The number of nitrogens with zero attached hydrogens (tertiary/aromatic N) is 2. The second-order valence-corrected chi connectivity index (χ2v) is 10.2. The number of rotatable bonds is 5. The van der Waals surface area contributed by atoms with E-state index in [1.165, 1.54) is 44.3 Å². The average Bonchev–Trinajstić information content (AvgIpc) is 3.49. The molecule has 0 fully saturated rings. The van der Waals surface area contributed by atoms with E-state index in [0.29, 0.717) is 6.54 Å². The van der Waals surface area contributed by atoms with Crippen LogP contribution in [0.25, 0.3) is 5.00 Å². The van der Waals surface area contributed by atoms with Crippen LogP contribution in [0, 0.1) is 0 Å². The molecule has 4 nitrogen and oxygen atoms in total. The van der Waals surface area contributed by atoms with Gasteiger partial charge in [-0.1, -0.05) is 6.92 Å². The Balaban J connectivity index is 1.39. The fourth-order valence-electron chi connectivity index (χ4n) is 4.50. The number of amides is 1. The second-order valence-electron chi connectivity index (χ2n) is 7.95. The van der Waals surface area contributed by atoms with E-state index in [0.717, 1.165) is 43.8 Å². The SMILES string of the molecule is CCN1CCc2c(sc(-n3cccc3)c2CNC(=O)c2cc3c(s2)CCCC3)C1. The molecule has 4 heterocycles. The number of aryl methyl sites for hydroxylation is 2. The Hall–Kier alpha value is -1.89. The van der Waals surface area contributed by atoms with Crippen LogP contribution in [0.5, 0.6) is 0 Å². The van der Waals surface area contributed by atoms with Crippen molar-refractivity contribution in [1.82, 2.24) is 14.8 Å². The smallest absolute Gasteiger partial charge is 0.261 e. The highest BCUT2D eigenvalue weighted by atomic mass is 32.1. The molecular formula is C23H27N3OS2. The predicted octanol–water partition coefficient (Wildman–Crippen LogP) is 4.79. The Kier molecular flexibility index (Phi) is 5.33. The van der Waals surface area contributed by atoms with Gasteiger partial charge in [0.05, 0.1) is 4.88 Å². The molecule has 1 aliphatic heterocycles. The number of carbonyl (C=O) groups excluding carboxylic acids is 1. The van der Waals surface area contributed by atoms with Crippen LogP contribution in [0.1, 0.15) is 55.9 Å². The summed E-state index contributed by atoms with van der Waals surface area (Å²) in [6.45, 7) is 6.05. The van der Waals surface area contributed by atoms with Gasteiger partial charge in [0.25, 0.3) is 5.91 Å². The molecule has 0 spiro atoms. The van der Waals surface area contributed by atoms with Gasteiger partial charge in [-0.2, -0.15) is 0 Å². The maximum absolute atomic E-state index is 12.9. The van der Waals surface area contributed by atoms with Gasteiger partial charge in [0.2, 0.25) is 0 Å². The fraction of sp³-hybridized carbons (Fsp3) is 0.435. The van der Waals surface area contributed by atoms with Gasteiger partial charge in [0.1, 0.15) is 5.00 Å². The molecule has 5 rings (SSSR count). The number of hydrogen-bond donors (Lipinski definition) is 1. The Morgan fingerprint density at radius 1 is 1.10 bits per heavy atom. The van der Waals surface area contributed by atoms with E-state index >= 15 is 0 Å². The zero-order chi connectivity index (χ0) is 19.8. The lowest BCUT2D eigenvalue weighted by Crippen LogP contribution is -2.30. The molecule has 0 saturated heterocycles. The van der Waals surface area contributed by atoms with Crippen LogP contribution < -0.4 is 5.32 Å². The largest absolute Gasteiger partial charge is 0.347 e. The zero-order valence-electron chi connectivity index (χ0n) is 16.9. The first-order valence-electron chi connectivity index (χ1n) is 10.6. The first-order chi connectivity index (χ1) is 14.2. The second kappa shape index (κ2) is 8.09. The Bertz CT molecular complexity index is 992. The third-order valence-electron chi connectivity index (χ3n) is 6.16. The summed E-state index contributed by atoms with van der Waals surface area (Å²) in [5.41, 5.74) is 4.15. The molecule has 3 aromatic heterocycles. The third-order valence-corrected chi connectivity index (χ3v) is 8.66. The fourth-order valence-corrected chi connectivity index (χ4v) is 7.04. The zero-order valence-corrected chi connectivity index (χ0v) is 18.5. The minimum absolute atomic E-state index is 0.0776. The van der Waals surface area contributed by atoms with Crippen molar-refractivity contribution >= 4 is 28.6 Å². The molecule has 2 aliphatic rings. The van der Waals surface area contributed by atoms with Crippen molar-refractivity contribution in [1.29, 1.82) is 0 Å². The molecule has 6 heteroatoms. The van der Waals surface area contributed by atoms with Gasteiger partial charge in [-0.3, -0.25) is 9.69 Å². The molecule has 0 aromatic carbocycles. The molecule has 1 aliphatic carbocycles. The van der Waals surface area contributed by atoms with Crippen LogP contribution >= 0.6 is 22.7 Å². The number of thiophene rings is 2. The van der Waals surface area contributed by atoms with Crippen molar-refractivity contribution < 1.29 is 4.79 Å². The van der Waals surface area contributed by atoms with Crippen LogP contribution in [0.4, 0.5) is 0 Å². The van der Waals surface area contributed by atoms with Crippen LogP contribution in [0.15, 0.2) is 30.6 Å². The molecule has 0 unspecified atom stereocenters. The Labute approximate surface area is 180 Å². The molecule has 3 aromatic rings. The van der Waals surface area contributed by atoms with E-state index in [4.69, 9.17) is 0 Å². The van der Waals surface area contributed by atoms with E-state index in [-0.39, 0.29) is 5.91 Å². The number of hydrogen-bond acceptors (Lipinski definition) is 4. The quantitative estimate of drug-likeness (QED) is 0.638. The highest BCUT2D eigenvalue weighted by Gasteiger charge is 2.25. The molecule has 1 N–H and O–H groups in total. The standard InChI is InChI=1S/C23H27N3OS2/c1-2-25-12-9-17-18(23(29-21(17)15-25)26-10-5-6-11-26)14-24-22(27)20-13-16-7-3-4-8-19(16)28-20/h5-6,10-11,13H,2-4,7-9,12,14-15H2,1H3,(H,24,27). The molecule has 0 atom stereocenters. The van der Waals surface area contributed by atoms with Gasteiger partial charge in [0, 0.05) is 47.3 Å². The van der Waals surface area contributed by atoms with Gasteiger partial charge < -0.3 is 9.88 Å². The van der Waals surface area contributed by atoms with Crippen LogP contribution in [0.2, 0.25) is 0 Å². The average molecular weight is 426 g/mol. The van der Waals surface area contributed by atoms with Crippen molar-refractivity contribution in [2.45, 2.75) is 52.1 Å². The van der Waals surface area contributed by atoms with Crippen LogP contribution in [0.3, 0.4) is 0 Å². The number of fused-ring (bicyclic) bond motifs is 2. The van der Waals surface area contributed by atoms with E-state index in [1.807, 2.05) is 11.3 Å². The van der Waals surface area contributed by atoms with Crippen molar-refractivity contribution in [3.8, 4) is 5.00 Å². The minimum Gasteiger partial charge on any atom is -0.347 e. The highest BCUT2D eigenvalue weighted by molar-refractivity contribution is 7.15. The van der Waals surface area contributed by atoms with E-state index in [9.17, 15) is 4.79 Å². The maximum Gasteiger partial charge on any atom is 0.261 e. The number of carbonyl (C=O) groups is 1. The summed E-state index contributed by atoms with van der Waals surface area (Å²) in [4.78, 5) is 19.2. The number of nitrogens with one attached hydrogen (secondary N) is 1. The third kappa shape index (κ3) is 3.69. The van der Waals surface area contributed by atoms with E-state index in [2.05, 4.69) is 52.3 Å². The summed E-state index contributed by atoms with van der Waals surface area (Å²) in [6.07, 6.45) is 10.0. The summed E-state index contributed by atoms with van der Waals surface area (Å²) < 4.78 is 2.20. The van der Waals surface area contributed by atoms with Gasteiger partial charge in [-0.15, -0.1) is 22.7 Å². The Morgan fingerprint density at radius 2 is 1.93 bits per heavy atom. The number of aromatic nitrogens is 1. The predicted molar refractivity (Wildman–Crippen MR) is 120 cm³/mol.